The third-order valence-electron chi connectivity index (χ3n) is 5.00. The predicted octanol–water partition coefficient (Wildman–Crippen LogP) is 0.242. The highest BCUT2D eigenvalue weighted by molar-refractivity contribution is 5.84. The predicted molar refractivity (Wildman–Crippen MR) is 85.1 cm³/mol. The number of aliphatic imine (C=N–C) groups is 1. The van der Waals surface area contributed by atoms with Gasteiger partial charge < -0.3 is 16.0 Å². The maximum absolute atomic E-state index is 11.5. The molecule has 3 N–H and O–H groups in total. The van der Waals surface area contributed by atoms with Crippen molar-refractivity contribution in [3.8, 4) is 0 Å². The van der Waals surface area contributed by atoms with E-state index in [-0.39, 0.29) is 5.91 Å². The van der Waals surface area contributed by atoms with Crippen LogP contribution in [0.5, 0.6) is 0 Å². The normalized spacial score (nSPS) is 26.6. The van der Waals surface area contributed by atoms with Crippen LogP contribution in [0.15, 0.2) is 4.99 Å². The van der Waals surface area contributed by atoms with Gasteiger partial charge in [-0.3, -0.25) is 14.7 Å². The Morgan fingerprint density at radius 2 is 1.81 bits per heavy atom. The van der Waals surface area contributed by atoms with Crippen LogP contribution < -0.4 is 11.1 Å². The van der Waals surface area contributed by atoms with Gasteiger partial charge in [-0.2, -0.15) is 0 Å². The molecule has 6 nitrogen and oxygen atoms in total. The molecule has 21 heavy (non-hydrogen) atoms. The van der Waals surface area contributed by atoms with E-state index in [4.69, 9.17) is 5.73 Å². The van der Waals surface area contributed by atoms with E-state index in [1.807, 2.05) is 20.9 Å². The van der Waals surface area contributed by atoms with Gasteiger partial charge in [-0.25, -0.2) is 0 Å². The molecule has 1 heterocycles. The summed E-state index contributed by atoms with van der Waals surface area (Å²) in [5.74, 6) is 0.709. The summed E-state index contributed by atoms with van der Waals surface area (Å²) in [6, 6.07) is 0.524. The molecule has 0 bridgehead atoms. The average Bonchev–Trinajstić information content (AvgIpc) is 3.03. The number of carbonyl (C=O) groups is 1. The number of hydrogen-bond acceptors (Lipinski definition) is 3. The Hall–Kier alpha value is -1.30. The van der Waals surface area contributed by atoms with Crippen LogP contribution in [0, 0.1) is 5.41 Å². The van der Waals surface area contributed by atoms with Gasteiger partial charge in [-0.1, -0.05) is 13.8 Å². The Labute approximate surface area is 127 Å². The molecule has 1 unspecified atom stereocenters. The monoisotopic (exact) mass is 295 g/mol. The highest BCUT2D eigenvalue weighted by atomic mass is 16.1. The first kappa shape index (κ1) is 16.1. The maximum atomic E-state index is 11.5. The summed E-state index contributed by atoms with van der Waals surface area (Å²) in [5.41, 5.74) is 5.29. The van der Waals surface area contributed by atoms with E-state index < -0.39 is 5.54 Å². The molecule has 0 aromatic rings. The molecule has 1 amide bonds. The smallest absolute Gasteiger partial charge is 0.237 e. The Morgan fingerprint density at radius 3 is 2.19 bits per heavy atom. The van der Waals surface area contributed by atoms with Crippen LogP contribution in [0.4, 0.5) is 0 Å². The molecule has 0 radical (unpaired) electrons. The Bertz CT molecular complexity index is 435. The van der Waals surface area contributed by atoms with Crippen molar-refractivity contribution in [3.05, 3.63) is 0 Å². The molecular weight excluding hydrogens is 266 g/mol. The number of amides is 1. The minimum atomic E-state index is -0.582. The van der Waals surface area contributed by atoms with E-state index in [1.165, 1.54) is 6.42 Å². The number of nitrogens with zero attached hydrogens (tertiary/aromatic N) is 3. The van der Waals surface area contributed by atoms with Crippen LogP contribution >= 0.6 is 0 Å². The van der Waals surface area contributed by atoms with E-state index in [2.05, 4.69) is 34.0 Å². The van der Waals surface area contributed by atoms with Crippen LogP contribution in [0.1, 0.15) is 34.1 Å². The summed E-state index contributed by atoms with van der Waals surface area (Å²) in [4.78, 5) is 20.4. The minimum absolute atomic E-state index is 0.266. The zero-order valence-electron chi connectivity index (χ0n) is 13.9. The lowest BCUT2D eigenvalue weighted by Gasteiger charge is -2.43. The minimum Gasteiger partial charge on any atom is -0.368 e. The van der Waals surface area contributed by atoms with Gasteiger partial charge in [-0.05, 0) is 25.7 Å². The van der Waals surface area contributed by atoms with Gasteiger partial charge in [0, 0.05) is 39.3 Å². The number of nitrogens with two attached hydrogens (primary N) is 1. The molecule has 1 aliphatic heterocycles. The van der Waals surface area contributed by atoms with Crippen molar-refractivity contribution in [1.29, 1.82) is 0 Å². The van der Waals surface area contributed by atoms with Gasteiger partial charge in [0.15, 0.2) is 5.96 Å². The molecule has 1 aliphatic carbocycles. The molecule has 0 aromatic carbocycles. The third-order valence-corrected chi connectivity index (χ3v) is 5.00. The summed E-state index contributed by atoms with van der Waals surface area (Å²) in [6.45, 7) is 11.7. The molecule has 1 saturated carbocycles. The topological polar surface area (TPSA) is 74.0 Å². The van der Waals surface area contributed by atoms with Gasteiger partial charge in [-0.15, -0.1) is 0 Å². The lowest BCUT2D eigenvalue weighted by Crippen LogP contribution is -2.61. The fourth-order valence-corrected chi connectivity index (χ4v) is 2.80. The summed E-state index contributed by atoms with van der Waals surface area (Å²) in [7, 11) is 1.83. The molecule has 1 atom stereocenters. The van der Waals surface area contributed by atoms with Crippen molar-refractivity contribution in [2.24, 2.45) is 16.1 Å². The molecule has 2 fully saturated rings. The van der Waals surface area contributed by atoms with Crippen molar-refractivity contribution >= 4 is 11.9 Å². The lowest BCUT2D eigenvalue weighted by atomic mass is 10.0. The second kappa shape index (κ2) is 5.48. The fourth-order valence-electron chi connectivity index (χ4n) is 2.80. The van der Waals surface area contributed by atoms with Crippen molar-refractivity contribution in [1.82, 2.24) is 15.1 Å². The van der Waals surface area contributed by atoms with Crippen LogP contribution in [0.2, 0.25) is 0 Å². The number of primary amides is 1. The number of piperazine rings is 1. The van der Waals surface area contributed by atoms with Gasteiger partial charge in [0.25, 0.3) is 0 Å². The fraction of sp³-hybridized carbons (Fsp3) is 0.867. The van der Waals surface area contributed by atoms with E-state index in [1.54, 1.807) is 0 Å². The van der Waals surface area contributed by atoms with Crippen LogP contribution in [0.25, 0.3) is 0 Å². The first-order valence-electron chi connectivity index (χ1n) is 7.71. The summed E-state index contributed by atoms with van der Waals surface area (Å²) in [5, 5.41) is 3.54. The number of rotatable bonds is 3. The third kappa shape index (κ3) is 3.31. The van der Waals surface area contributed by atoms with Crippen molar-refractivity contribution in [3.63, 3.8) is 0 Å². The van der Waals surface area contributed by atoms with Crippen molar-refractivity contribution < 1.29 is 4.79 Å². The quantitative estimate of drug-likeness (QED) is 0.578. The van der Waals surface area contributed by atoms with Crippen molar-refractivity contribution in [2.45, 2.75) is 45.7 Å². The van der Waals surface area contributed by atoms with Gasteiger partial charge >= 0.3 is 0 Å². The molecular formula is C15H29N5O. The Balaban J connectivity index is 1.89. The first-order valence-corrected chi connectivity index (χ1v) is 7.71. The Kier molecular flexibility index (Phi) is 4.19. The molecule has 120 valence electrons. The molecule has 6 heteroatoms. The largest absolute Gasteiger partial charge is 0.368 e. The number of hydrogen-bond donors (Lipinski definition) is 2. The van der Waals surface area contributed by atoms with E-state index in [0.717, 1.165) is 32.1 Å². The molecule has 2 aliphatic rings. The molecule has 1 saturated heterocycles. The van der Waals surface area contributed by atoms with Crippen LogP contribution in [-0.2, 0) is 4.79 Å². The number of nitrogens with one attached hydrogen (secondary N) is 1. The number of guanidine groups is 1. The SMILES string of the molecule is CN=C(NC1CC1(C)C)N1CCN(C(C)(C)C(N)=O)CC1. The second-order valence-corrected chi connectivity index (χ2v) is 7.33. The highest BCUT2D eigenvalue weighted by Gasteiger charge is 2.46. The number of carbonyl (C=O) groups excluding carboxylic acids is 1. The molecule has 2 rings (SSSR count). The van der Waals surface area contributed by atoms with Crippen LogP contribution in [-0.4, -0.2) is 66.5 Å². The summed E-state index contributed by atoms with van der Waals surface area (Å²) in [6.07, 6.45) is 1.20. The first-order chi connectivity index (χ1) is 9.68. The lowest BCUT2D eigenvalue weighted by molar-refractivity contribution is -0.129. The standard InChI is InChI=1S/C15H29N5O/c1-14(2)10-11(14)18-13(17-5)19-6-8-20(9-7-19)15(3,4)12(16)21/h11H,6-10H2,1-5H3,(H2,16,21)(H,17,18). The van der Waals surface area contributed by atoms with Gasteiger partial charge in [0.1, 0.15) is 0 Å². The average molecular weight is 295 g/mol. The zero-order valence-corrected chi connectivity index (χ0v) is 13.9. The van der Waals surface area contributed by atoms with Crippen LogP contribution in [0.3, 0.4) is 0 Å². The zero-order chi connectivity index (χ0) is 15.8. The molecule has 0 spiro atoms. The summed E-state index contributed by atoms with van der Waals surface area (Å²) >= 11 is 0. The maximum Gasteiger partial charge on any atom is 0.237 e. The van der Waals surface area contributed by atoms with E-state index in [9.17, 15) is 4.79 Å². The van der Waals surface area contributed by atoms with Gasteiger partial charge in [0.05, 0.1) is 5.54 Å². The summed E-state index contributed by atoms with van der Waals surface area (Å²) < 4.78 is 0. The molecule has 0 aromatic heterocycles. The highest BCUT2D eigenvalue weighted by Crippen LogP contribution is 2.44. The Morgan fingerprint density at radius 1 is 1.29 bits per heavy atom. The van der Waals surface area contributed by atoms with E-state index in [0.29, 0.717) is 11.5 Å². The second-order valence-electron chi connectivity index (χ2n) is 7.33. The van der Waals surface area contributed by atoms with E-state index >= 15 is 0 Å². The van der Waals surface area contributed by atoms with Gasteiger partial charge in [0.2, 0.25) is 5.91 Å². The van der Waals surface area contributed by atoms with Crippen molar-refractivity contribution in [2.75, 3.05) is 33.2 Å².